The fraction of sp³-hybridized carbons (Fsp3) is 0.375. The minimum absolute atomic E-state index is 0.345. The minimum Gasteiger partial charge on any atom is -0.480 e. The summed E-state index contributed by atoms with van der Waals surface area (Å²) in [4.78, 5) is 10.8. The second kappa shape index (κ2) is 4.09. The monoisotopic (exact) mass is 222 g/mol. The first-order valence-corrected chi connectivity index (χ1v) is 4.65. The smallest absolute Gasteiger partial charge is 0.328 e. The van der Waals surface area contributed by atoms with Gasteiger partial charge >= 0.3 is 5.97 Å². The van der Waals surface area contributed by atoms with Crippen molar-refractivity contribution in [3.63, 3.8) is 0 Å². The van der Waals surface area contributed by atoms with Crippen molar-refractivity contribution in [2.75, 3.05) is 0 Å². The lowest BCUT2D eigenvalue weighted by molar-refractivity contribution is -0.140. The summed E-state index contributed by atoms with van der Waals surface area (Å²) in [6.07, 6.45) is 3.39. The molecule has 0 bridgehead atoms. The normalized spacial score (nSPS) is 12.6. The lowest BCUT2D eigenvalue weighted by Crippen LogP contribution is -2.20. The molecule has 0 saturated carbocycles. The summed E-state index contributed by atoms with van der Waals surface area (Å²) in [5.74, 6) is -0.521. The standard InChI is InChI=1S/C8H10N6O2/c1-6(8(15)16)14-7(10-11-12-14)5-13-4-2-3-9-13/h2-4,6H,5H2,1H3,(H,15,16). The number of hydrogen-bond donors (Lipinski definition) is 1. The summed E-state index contributed by atoms with van der Waals surface area (Å²) in [5.41, 5.74) is 0. The Morgan fingerprint density at radius 3 is 3.06 bits per heavy atom. The first-order valence-electron chi connectivity index (χ1n) is 4.65. The molecular formula is C8H10N6O2. The van der Waals surface area contributed by atoms with Crippen molar-refractivity contribution in [3.05, 3.63) is 24.3 Å². The molecule has 1 unspecified atom stereocenters. The van der Waals surface area contributed by atoms with Crippen molar-refractivity contribution in [3.8, 4) is 0 Å². The van der Waals surface area contributed by atoms with Crippen LogP contribution in [0.5, 0.6) is 0 Å². The highest BCUT2D eigenvalue weighted by Gasteiger charge is 2.19. The van der Waals surface area contributed by atoms with Gasteiger partial charge in [-0.3, -0.25) is 4.68 Å². The van der Waals surface area contributed by atoms with E-state index in [0.29, 0.717) is 12.4 Å². The summed E-state index contributed by atoms with van der Waals surface area (Å²) < 4.78 is 2.89. The van der Waals surface area contributed by atoms with Crippen LogP contribution < -0.4 is 0 Å². The fourth-order valence-electron chi connectivity index (χ4n) is 1.26. The number of aromatic nitrogens is 6. The molecule has 0 amide bonds. The molecule has 0 aliphatic rings. The second-order valence-corrected chi connectivity index (χ2v) is 3.26. The van der Waals surface area contributed by atoms with Gasteiger partial charge in [0.15, 0.2) is 11.9 Å². The molecule has 2 heterocycles. The van der Waals surface area contributed by atoms with Gasteiger partial charge in [0.2, 0.25) is 0 Å². The fourth-order valence-corrected chi connectivity index (χ4v) is 1.26. The van der Waals surface area contributed by atoms with Gasteiger partial charge in [-0.15, -0.1) is 5.10 Å². The molecule has 8 nitrogen and oxygen atoms in total. The lowest BCUT2D eigenvalue weighted by Gasteiger charge is -2.08. The molecule has 2 aromatic rings. The first kappa shape index (κ1) is 10.3. The molecule has 0 radical (unpaired) electrons. The molecule has 0 aliphatic carbocycles. The number of carboxylic acids is 1. The number of carboxylic acid groups (broad SMARTS) is 1. The van der Waals surface area contributed by atoms with Crippen molar-refractivity contribution in [2.24, 2.45) is 0 Å². The van der Waals surface area contributed by atoms with Crippen LogP contribution in [0.1, 0.15) is 18.8 Å². The molecule has 1 N–H and O–H groups in total. The molecule has 2 rings (SSSR count). The van der Waals surface area contributed by atoms with E-state index in [1.54, 1.807) is 23.1 Å². The average molecular weight is 222 g/mol. The highest BCUT2D eigenvalue weighted by Crippen LogP contribution is 2.06. The molecule has 16 heavy (non-hydrogen) atoms. The summed E-state index contributed by atoms with van der Waals surface area (Å²) in [5, 5.41) is 23.8. The maximum absolute atomic E-state index is 10.8. The van der Waals surface area contributed by atoms with E-state index in [-0.39, 0.29) is 0 Å². The topological polar surface area (TPSA) is 98.7 Å². The van der Waals surface area contributed by atoms with Crippen LogP contribution in [0.3, 0.4) is 0 Å². The van der Waals surface area contributed by atoms with Gasteiger partial charge in [-0.05, 0) is 23.4 Å². The maximum Gasteiger partial charge on any atom is 0.328 e. The van der Waals surface area contributed by atoms with Gasteiger partial charge in [-0.1, -0.05) is 0 Å². The second-order valence-electron chi connectivity index (χ2n) is 3.26. The Morgan fingerprint density at radius 2 is 2.44 bits per heavy atom. The molecular weight excluding hydrogens is 212 g/mol. The summed E-state index contributed by atoms with van der Waals surface area (Å²) in [6, 6.07) is 0.981. The molecule has 0 aromatic carbocycles. The Hall–Kier alpha value is -2.25. The largest absolute Gasteiger partial charge is 0.480 e. The Balaban J connectivity index is 2.22. The molecule has 84 valence electrons. The van der Waals surface area contributed by atoms with Gasteiger partial charge in [-0.25, -0.2) is 9.48 Å². The van der Waals surface area contributed by atoms with Gasteiger partial charge in [0.05, 0.1) is 0 Å². The number of aliphatic carboxylic acids is 1. The Kier molecular flexibility index (Phi) is 2.63. The highest BCUT2D eigenvalue weighted by molar-refractivity contribution is 5.71. The summed E-state index contributed by atoms with van der Waals surface area (Å²) in [6.45, 7) is 1.86. The van der Waals surface area contributed by atoms with Crippen molar-refractivity contribution in [1.82, 2.24) is 30.0 Å². The van der Waals surface area contributed by atoms with E-state index in [1.807, 2.05) is 0 Å². The van der Waals surface area contributed by atoms with Crippen LogP contribution in [-0.4, -0.2) is 41.1 Å². The molecule has 0 fully saturated rings. The van der Waals surface area contributed by atoms with Crippen molar-refractivity contribution in [2.45, 2.75) is 19.5 Å². The average Bonchev–Trinajstić information content (AvgIpc) is 2.88. The van der Waals surface area contributed by atoms with Crippen LogP contribution in [0.2, 0.25) is 0 Å². The minimum atomic E-state index is -0.978. The van der Waals surface area contributed by atoms with Crippen LogP contribution in [0.15, 0.2) is 18.5 Å². The van der Waals surface area contributed by atoms with Crippen molar-refractivity contribution in [1.29, 1.82) is 0 Å². The molecule has 1 atom stereocenters. The van der Waals surface area contributed by atoms with Crippen LogP contribution >= 0.6 is 0 Å². The number of carbonyl (C=O) groups is 1. The lowest BCUT2D eigenvalue weighted by atomic mass is 10.3. The van der Waals surface area contributed by atoms with E-state index in [0.717, 1.165) is 0 Å². The van der Waals surface area contributed by atoms with E-state index in [2.05, 4.69) is 20.6 Å². The molecule has 0 spiro atoms. The van der Waals surface area contributed by atoms with Crippen LogP contribution in [0.25, 0.3) is 0 Å². The number of rotatable bonds is 4. The zero-order valence-electron chi connectivity index (χ0n) is 8.56. The van der Waals surface area contributed by atoms with E-state index < -0.39 is 12.0 Å². The van der Waals surface area contributed by atoms with Crippen LogP contribution in [0.4, 0.5) is 0 Å². The quantitative estimate of drug-likeness (QED) is 0.753. The zero-order chi connectivity index (χ0) is 11.5. The number of nitrogens with zero attached hydrogens (tertiary/aromatic N) is 6. The zero-order valence-corrected chi connectivity index (χ0v) is 8.56. The number of hydrogen-bond acceptors (Lipinski definition) is 5. The Bertz CT molecular complexity index is 476. The van der Waals surface area contributed by atoms with Gasteiger partial charge in [-0.2, -0.15) is 5.10 Å². The predicted molar refractivity (Wildman–Crippen MR) is 51.5 cm³/mol. The van der Waals surface area contributed by atoms with Crippen molar-refractivity contribution >= 4 is 5.97 Å². The van der Waals surface area contributed by atoms with Crippen molar-refractivity contribution < 1.29 is 9.90 Å². The summed E-state index contributed by atoms with van der Waals surface area (Å²) in [7, 11) is 0. The van der Waals surface area contributed by atoms with Crippen LogP contribution in [0, 0.1) is 0 Å². The van der Waals surface area contributed by atoms with E-state index in [9.17, 15) is 4.79 Å². The van der Waals surface area contributed by atoms with Gasteiger partial charge in [0.1, 0.15) is 6.54 Å². The predicted octanol–water partition coefficient (Wildman–Crippen LogP) is -0.437. The molecule has 8 heteroatoms. The van der Waals surface area contributed by atoms with Crippen LogP contribution in [-0.2, 0) is 11.3 Å². The highest BCUT2D eigenvalue weighted by atomic mass is 16.4. The third-order valence-corrected chi connectivity index (χ3v) is 2.15. The van der Waals surface area contributed by atoms with E-state index in [1.165, 1.54) is 11.6 Å². The molecule has 2 aromatic heterocycles. The first-order chi connectivity index (χ1) is 7.68. The van der Waals surface area contributed by atoms with E-state index >= 15 is 0 Å². The maximum atomic E-state index is 10.8. The Morgan fingerprint density at radius 1 is 1.62 bits per heavy atom. The van der Waals surface area contributed by atoms with E-state index in [4.69, 9.17) is 5.11 Å². The molecule has 0 aliphatic heterocycles. The molecule has 0 saturated heterocycles. The SMILES string of the molecule is CC(C(=O)O)n1nnnc1Cn1cccn1. The third-order valence-electron chi connectivity index (χ3n) is 2.15. The summed E-state index contributed by atoms with van der Waals surface area (Å²) >= 11 is 0. The third kappa shape index (κ3) is 1.90. The Labute approximate surface area is 90.5 Å². The van der Waals surface area contributed by atoms with Gasteiger partial charge in [0.25, 0.3) is 0 Å². The van der Waals surface area contributed by atoms with Gasteiger partial charge in [0, 0.05) is 12.4 Å². The number of tetrazole rings is 1. The van der Waals surface area contributed by atoms with Gasteiger partial charge < -0.3 is 5.11 Å².